The fourth-order valence-electron chi connectivity index (χ4n) is 3.17. The van der Waals surface area contributed by atoms with Crippen LogP contribution >= 0.6 is 22.6 Å². The molecule has 0 spiro atoms. The number of carbonyl (C=O) groups excluding carboxylic acids is 1. The van der Waals surface area contributed by atoms with Crippen LogP contribution in [-0.4, -0.2) is 61.4 Å². The molecule has 2 aromatic carbocycles. The first kappa shape index (κ1) is 22.8. The van der Waals surface area contributed by atoms with Crippen LogP contribution in [0, 0.1) is 21.0 Å². The van der Waals surface area contributed by atoms with Crippen molar-refractivity contribution in [1.29, 1.82) is 0 Å². The molecule has 3 N–H and O–H groups in total. The molecular weight excluding hydrogens is 514 g/mol. The van der Waals surface area contributed by atoms with Crippen LogP contribution < -0.4 is 10.6 Å². The number of carbonyl (C=O) groups is 1. The van der Waals surface area contributed by atoms with Crippen LogP contribution in [0.15, 0.2) is 30.3 Å². The Balaban J connectivity index is 1.77. The van der Waals surface area contributed by atoms with E-state index in [0.717, 1.165) is 6.07 Å². The maximum atomic E-state index is 14.5. The zero-order chi connectivity index (χ0) is 21.9. The lowest BCUT2D eigenvalue weighted by Gasteiger charge is -2.46. The summed E-state index contributed by atoms with van der Waals surface area (Å²) in [7, 11) is 1.56. The second-order valence-corrected chi connectivity index (χ2v) is 8.33. The third kappa shape index (κ3) is 5.05. The van der Waals surface area contributed by atoms with E-state index in [2.05, 4.69) is 10.6 Å². The lowest BCUT2D eigenvalue weighted by Crippen LogP contribution is -2.67. The second-order valence-electron chi connectivity index (χ2n) is 7.09. The van der Waals surface area contributed by atoms with E-state index in [1.165, 1.54) is 23.1 Å². The third-order valence-electron chi connectivity index (χ3n) is 4.70. The Kier molecular flexibility index (Phi) is 7.22. The minimum atomic E-state index is -1.33. The quantitative estimate of drug-likeness (QED) is 0.359. The summed E-state index contributed by atoms with van der Waals surface area (Å²) in [6.07, 6.45) is 0. The molecule has 1 aliphatic heterocycles. The van der Waals surface area contributed by atoms with E-state index < -0.39 is 34.5 Å². The summed E-state index contributed by atoms with van der Waals surface area (Å²) in [5, 5.41) is 16.1. The van der Waals surface area contributed by atoms with E-state index in [9.17, 15) is 23.1 Å². The first-order chi connectivity index (χ1) is 14.2. The van der Waals surface area contributed by atoms with Crippen molar-refractivity contribution in [2.45, 2.75) is 5.60 Å². The molecule has 0 bridgehead atoms. The van der Waals surface area contributed by atoms with Gasteiger partial charge in [0, 0.05) is 23.8 Å². The van der Waals surface area contributed by atoms with Crippen LogP contribution in [-0.2, 0) is 4.74 Å². The summed E-state index contributed by atoms with van der Waals surface area (Å²) in [4.78, 5) is 14.1. The zero-order valence-electron chi connectivity index (χ0n) is 16.1. The molecule has 0 aromatic heterocycles. The van der Waals surface area contributed by atoms with Gasteiger partial charge in [-0.05, 0) is 52.9 Å². The molecular formula is C20H21F3IN3O3. The van der Waals surface area contributed by atoms with Crippen LogP contribution in [0.1, 0.15) is 10.4 Å². The Bertz CT molecular complexity index is 939. The molecule has 0 aliphatic carbocycles. The predicted molar refractivity (Wildman–Crippen MR) is 114 cm³/mol. The molecule has 1 aliphatic rings. The highest BCUT2D eigenvalue weighted by molar-refractivity contribution is 14.1. The van der Waals surface area contributed by atoms with Crippen molar-refractivity contribution in [3.63, 3.8) is 0 Å². The molecule has 0 unspecified atom stereocenters. The van der Waals surface area contributed by atoms with E-state index in [0.29, 0.717) is 16.7 Å². The molecule has 3 rings (SSSR count). The van der Waals surface area contributed by atoms with Crippen molar-refractivity contribution in [2.75, 3.05) is 45.2 Å². The van der Waals surface area contributed by atoms with Gasteiger partial charge in [-0.15, -0.1) is 0 Å². The number of β-amino-alcohol motifs (C(OH)–C–C–N with tert-alkyl or cyclic N) is 1. The average Bonchev–Trinajstić information content (AvgIpc) is 2.68. The van der Waals surface area contributed by atoms with Gasteiger partial charge >= 0.3 is 0 Å². The van der Waals surface area contributed by atoms with Gasteiger partial charge in [-0.2, -0.15) is 0 Å². The number of ether oxygens (including phenoxy) is 1. The number of rotatable bonds is 8. The smallest absolute Gasteiger partial charge is 0.259 e. The number of hydrogen-bond donors (Lipinski definition) is 3. The summed E-state index contributed by atoms with van der Waals surface area (Å²) < 4.78 is 48.1. The topological polar surface area (TPSA) is 73.8 Å². The first-order valence-corrected chi connectivity index (χ1v) is 10.2. The highest BCUT2D eigenvalue weighted by Gasteiger charge is 2.44. The summed E-state index contributed by atoms with van der Waals surface area (Å²) in [6.45, 7) is 1.14. The average molecular weight is 535 g/mol. The molecule has 2 aromatic rings. The fourth-order valence-corrected chi connectivity index (χ4v) is 3.63. The van der Waals surface area contributed by atoms with Gasteiger partial charge in [-0.3, -0.25) is 4.79 Å². The molecule has 6 nitrogen and oxygen atoms in total. The minimum absolute atomic E-state index is 0.0259. The number of anilines is 2. The fraction of sp³-hybridized carbons (Fsp3) is 0.350. The molecule has 0 atom stereocenters. The summed E-state index contributed by atoms with van der Waals surface area (Å²) in [5.41, 5.74) is -1.74. The standard InChI is InChI=1S/C20H21F3IN3O3/c1-30-7-6-25-9-20(29)10-27(11-20)19(28)17-16(5-3-13(21)18(17)23)26-15-4-2-12(24)8-14(15)22/h2-5,8,25-26,29H,6-7,9-11H2,1H3. The zero-order valence-corrected chi connectivity index (χ0v) is 18.3. The summed E-state index contributed by atoms with van der Waals surface area (Å²) >= 11 is 1.94. The van der Waals surface area contributed by atoms with Crippen molar-refractivity contribution >= 4 is 39.9 Å². The largest absolute Gasteiger partial charge is 0.385 e. The lowest BCUT2D eigenvalue weighted by molar-refractivity contribution is -0.0789. The van der Waals surface area contributed by atoms with Gasteiger partial charge in [0.15, 0.2) is 11.6 Å². The van der Waals surface area contributed by atoms with Gasteiger partial charge in [-0.1, -0.05) is 0 Å². The maximum absolute atomic E-state index is 14.5. The molecule has 10 heteroatoms. The number of hydrogen-bond acceptors (Lipinski definition) is 5. The molecule has 0 radical (unpaired) electrons. The number of amides is 1. The van der Waals surface area contributed by atoms with E-state index in [-0.39, 0.29) is 31.0 Å². The molecule has 1 amide bonds. The molecule has 30 heavy (non-hydrogen) atoms. The number of likely N-dealkylation sites (tertiary alicyclic amines) is 1. The van der Waals surface area contributed by atoms with Crippen molar-refractivity contribution in [3.8, 4) is 0 Å². The summed E-state index contributed by atoms with van der Waals surface area (Å²) in [5.74, 6) is -3.90. The van der Waals surface area contributed by atoms with Crippen LogP contribution in [0.2, 0.25) is 0 Å². The van der Waals surface area contributed by atoms with Gasteiger partial charge in [0.25, 0.3) is 5.91 Å². The highest BCUT2D eigenvalue weighted by Crippen LogP contribution is 2.31. The Hall–Kier alpha value is -1.89. The maximum Gasteiger partial charge on any atom is 0.259 e. The van der Waals surface area contributed by atoms with Gasteiger partial charge in [0.05, 0.1) is 31.1 Å². The predicted octanol–water partition coefficient (Wildman–Crippen LogP) is 2.88. The SMILES string of the molecule is COCCNCC1(O)CN(C(=O)c2c(Nc3ccc(I)cc3F)ccc(F)c2F)C1. The van der Waals surface area contributed by atoms with Gasteiger partial charge in [0.2, 0.25) is 0 Å². The first-order valence-electron chi connectivity index (χ1n) is 9.15. The molecule has 162 valence electrons. The third-order valence-corrected chi connectivity index (χ3v) is 5.37. The van der Waals surface area contributed by atoms with Crippen molar-refractivity contribution in [1.82, 2.24) is 10.2 Å². The Morgan fingerprint density at radius 3 is 2.57 bits per heavy atom. The van der Waals surface area contributed by atoms with Gasteiger partial charge < -0.3 is 25.4 Å². The van der Waals surface area contributed by atoms with E-state index in [1.807, 2.05) is 22.6 Å². The van der Waals surface area contributed by atoms with Crippen molar-refractivity contribution in [2.24, 2.45) is 0 Å². The molecule has 1 saturated heterocycles. The van der Waals surface area contributed by atoms with Crippen LogP contribution in [0.25, 0.3) is 0 Å². The van der Waals surface area contributed by atoms with Crippen LogP contribution in [0.4, 0.5) is 24.5 Å². The normalized spacial score (nSPS) is 15.1. The minimum Gasteiger partial charge on any atom is -0.385 e. The Labute approximate surface area is 185 Å². The molecule has 1 fully saturated rings. The number of nitrogens with zero attached hydrogens (tertiary/aromatic N) is 1. The van der Waals surface area contributed by atoms with Crippen molar-refractivity contribution in [3.05, 3.63) is 56.9 Å². The summed E-state index contributed by atoms with van der Waals surface area (Å²) in [6, 6.07) is 6.41. The number of benzene rings is 2. The van der Waals surface area contributed by atoms with Crippen LogP contribution in [0.5, 0.6) is 0 Å². The number of methoxy groups -OCH3 is 1. The van der Waals surface area contributed by atoms with Gasteiger partial charge in [-0.25, -0.2) is 13.2 Å². The second kappa shape index (κ2) is 9.50. The van der Waals surface area contributed by atoms with E-state index in [1.54, 1.807) is 13.2 Å². The monoisotopic (exact) mass is 535 g/mol. The van der Waals surface area contributed by atoms with Crippen molar-refractivity contribution < 1.29 is 27.8 Å². The van der Waals surface area contributed by atoms with Gasteiger partial charge in [0.1, 0.15) is 17.0 Å². The highest BCUT2D eigenvalue weighted by atomic mass is 127. The number of aliphatic hydroxyl groups is 1. The van der Waals surface area contributed by atoms with E-state index in [4.69, 9.17) is 4.74 Å². The number of halogens is 4. The number of nitrogens with one attached hydrogen (secondary N) is 2. The Morgan fingerprint density at radius 2 is 1.90 bits per heavy atom. The van der Waals surface area contributed by atoms with E-state index >= 15 is 0 Å². The molecule has 1 heterocycles. The van der Waals surface area contributed by atoms with Crippen LogP contribution in [0.3, 0.4) is 0 Å². The lowest BCUT2D eigenvalue weighted by atomic mass is 9.92. The Morgan fingerprint density at radius 1 is 1.20 bits per heavy atom. The molecule has 0 saturated carbocycles.